The minimum Gasteiger partial charge on any atom is -0.495 e. The first-order valence-electron chi connectivity index (χ1n) is 8.62. The summed E-state index contributed by atoms with van der Waals surface area (Å²) in [6.45, 7) is 4.88. The van der Waals surface area contributed by atoms with E-state index in [0.717, 1.165) is 31.9 Å². The van der Waals surface area contributed by atoms with E-state index >= 15 is 0 Å². The normalized spacial score (nSPS) is 15.1. The van der Waals surface area contributed by atoms with Crippen molar-refractivity contribution in [3.8, 4) is 16.9 Å². The molecule has 26 heavy (non-hydrogen) atoms. The highest BCUT2D eigenvalue weighted by atomic mass is 32.2. The molecule has 0 spiro atoms. The molecule has 0 aliphatic carbocycles. The first-order chi connectivity index (χ1) is 12.5. The van der Waals surface area contributed by atoms with Gasteiger partial charge in [-0.05, 0) is 29.8 Å². The molecule has 7 heteroatoms. The first kappa shape index (κ1) is 18.7. The van der Waals surface area contributed by atoms with Crippen molar-refractivity contribution in [1.82, 2.24) is 5.32 Å². The van der Waals surface area contributed by atoms with Crippen molar-refractivity contribution in [1.29, 1.82) is 0 Å². The minimum absolute atomic E-state index is 0.0166. The van der Waals surface area contributed by atoms with Crippen LogP contribution < -0.4 is 15.0 Å². The van der Waals surface area contributed by atoms with Gasteiger partial charge in [0, 0.05) is 37.4 Å². The number of piperazine rings is 1. The summed E-state index contributed by atoms with van der Waals surface area (Å²) >= 11 is 0. The van der Waals surface area contributed by atoms with Crippen LogP contribution in [0, 0.1) is 5.82 Å². The largest absolute Gasteiger partial charge is 0.495 e. The van der Waals surface area contributed by atoms with E-state index in [9.17, 15) is 12.8 Å². The molecule has 1 heterocycles. The number of hydrogen-bond acceptors (Lipinski definition) is 5. The number of rotatable bonds is 5. The lowest BCUT2D eigenvalue weighted by Crippen LogP contribution is -2.43. The van der Waals surface area contributed by atoms with Crippen molar-refractivity contribution in [3.05, 3.63) is 42.2 Å². The molecule has 0 amide bonds. The van der Waals surface area contributed by atoms with Gasteiger partial charge in [0.15, 0.2) is 9.84 Å². The summed E-state index contributed by atoms with van der Waals surface area (Å²) in [5.41, 5.74) is 2.20. The highest BCUT2D eigenvalue weighted by molar-refractivity contribution is 7.91. The van der Waals surface area contributed by atoms with Crippen LogP contribution >= 0.6 is 0 Å². The van der Waals surface area contributed by atoms with Gasteiger partial charge in [0.25, 0.3) is 0 Å². The molecule has 1 saturated heterocycles. The van der Waals surface area contributed by atoms with E-state index in [-0.39, 0.29) is 16.5 Å². The van der Waals surface area contributed by atoms with Crippen LogP contribution in [0.4, 0.5) is 10.1 Å². The molecule has 0 radical (unpaired) electrons. The number of anilines is 1. The van der Waals surface area contributed by atoms with Crippen LogP contribution in [-0.2, 0) is 9.84 Å². The van der Waals surface area contributed by atoms with Gasteiger partial charge in [0.1, 0.15) is 16.5 Å². The van der Waals surface area contributed by atoms with Crippen molar-refractivity contribution in [3.63, 3.8) is 0 Å². The fraction of sp³-hybridized carbons (Fsp3) is 0.368. The summed E-state index contributed by atoms with van der Waals surface area (Å²) in [5.74, 6) is -0.0539. The molecule has 0 unspecified atom stereocenters. The third-order valence-corrected chi connectivity index (χ3v) is 6.33. The molecule has 1 fully saturated rings. The van der Waals surface area contributed by atoms with Crippen LogP contribution in [0.25, 0.3) is 11.1 Å². The molecular weight excluding hydrogens is 355 g/mol. The van der Waals surface area contributed by atoms with Crippen LogP contribution in [-0.4, -0.2) is 47.5 Å². The SMILES string of the molecule is CCS(=O)(=O)c1cc(N2CCNCC2)cc(-c2ccc(F)cc2)c1OC. The van der Waals surface area contributed by atoms with Crippen molar-refractivity contribution < 1.29 is 17.5 Å². The van der Waals surface area contributed by atoms with Crippen molar-refractivity contribution >= 4 is 15.5 Å². The Kier molecular flexibility index (Phi) is 5.48. The molecule has 1 N–H and O–H groups in total. The summed E-state index contributed by atoms with van der Waals surface area (Å²) in [5, 5.41) is 3.29. The molecule has 0 bridgehead atoms. The van der Waals surface area contributed by atoms with Crippen LogP contribution in [0.1, 0.15) is 6.92 Å². The summed E-state index contributed by atoms with van der Waals surface area (Å²) < 4.78 is 44.2. The van der Waals surface area contributed by atoms with E-state index < -0.39 is 9.84 Å². The first-order valence-corrected chi connectivity index (χ1v) is 10.3. The smallest absolute Gasteiger partial charge is 0.181 e. The van der Waals surface area contributed by atoms with E-state index in [1.807, 2.05) is 6.07 Å². The molecule has 2 aromatic rings. The Labute approximate surface area is 153 Å². The van der Waals surface area contributed by atoms with Gasteiger partial charge in [0.05, 0.1) is 12.9 Å². The molecule has 1 aliphatic heterocycles. The Morgan fingerprint density at radius 2 is 1.81 bits per heavy atom. The number of nitrogens with one attached hydrogen (secondary N) is 1. The zero-order valence-electron chi connectivity index (χ0n) is 15.0. The fourth-order valence-corrected chi connectivity index (χ4v) is 4.22. The van der Waals surface area contributed by atoms with E-state index in [0.29, 0.717) is 16.9 Å². The van der Waals surface area contributed by atoms with E-state index in [1.54, 1.807) is 25.1 Å². The average Bonchev–Trinajstić information content (AvgIpc) is 2.68. The maximum Gasteiger partial charge on any atom is 0.181 e. The standard InChI is InChI=1S/C19H23FN2O3S/c1-3-26(23,24)18-13-16(22-10-8-21-9-11-22)12-17(19(18)25-2)14-4-6-15(20)7-5-14/h4-7,12-13,21H,3,8-11H2,1-2H3. The zero-order chi connectivity index (χ0) is 18.7. The second-order valence-electron chi connectivity index (χ2n) is 6.17. The Balaban J connectivity index is 2.23. The Morgan fingerprint density at radius 1 is 1.15 bits per heavy atom. The number of nitrogens with zero attached hydrogens (tertiary/aromatic N) is 1. The highest BCUT2D eigenvalue weighted by Crippen LogP contribution is 2.40. The van der Waals surface area contributed by atoms with Crippen LogP contribution in [0.5, 0.6) is 5.75 Å². The number of benzene rings is 2. The second-order valence-corrected chi connectivity index (χ2v) is 8.42. The molecule has 1 aliphatic rings. The highest BCUT2D eigenvalue weighted by Gasteiger charge is 2.24. The molecule has 0 atom stereocenters. The van der Waals surface area contributed by atoms with Gasteiger partial charge in [-0.25, -0.2) is 12.8 Å². The molecule has 140 valence electrons. The summed E-state index contributed by atoms with van der Waals surface area (Å²) in [6, 6.07) is 9.61. The fourth-order valence-electron chi connectivity index (χ4n) is 3.13. The monoisotopic (exact) mass is 378 g/mol. The molecule has 3 rings (SSSR count). The molecule has 5 nitrogen and oxygen atoms in total. The third kappa shape index (κ3) is 3.68. The predicted molar refractivity (Wildman–Crippen MR) is 101 cm³/mol. The minimum atomic E-state index is -3.48. The lowest BCUT2D eigenvalue weighted by molar-refractivity contribution is 0.404. The average molecular weight is 378 g/mol. The maximum atomic E-state index is 13.3. The van der Waals surface area contributed by atoms with Gasteiger partial charge >= 0.3 is 0 Å². The second kappa shape index (κ2) is 7.63. The van der Waals surface area contributed by atoms with Gasteiger partial charge in [-0.15, -0.1) is 0 Å². The molecular formula is C19H23FN2O3S. The lowest BCUT2D eigenvalue weighted by atomic mass is 10.0. The summed E-state index contributed by atoms with van der Waals surface area (Å²) in [4.78, 5) is 2.33. The van der Waals surface area contributed by atoms with E-state index in [4.69, 9.17) is 4.74 Å². The number of hydrogen-bond donors (Lipinski definition) is 1. The van der Waals surface area contributed by atoms with Crippen molar-refractivity contribution in [2.75, 3.05) is 43.9 Å². The van der Waals surface area contributed by atoms with E-state index in [2.05, 4.69) is 10.2 Å². The number of methoxy groups -OCH3 is 1. The van der Waals surface area contributed by atoms with Gasteiger partial charge < -0.3 is 15.0 Å². The van der Waals surface area contributed by atoms with Crippen LogP contribution in [0.3, 0.4) is 0 Å². The van der Waals surface area contributed by atoms with Gasteiger partial charge in [-0.2, -0.15) is 0 Å². The summed E-state index contributed by atoms with van der Waals surface area (Å²) in [7, 11) is -2.02. The number of halogens is 1. The topological polar surface area (TPSA) is 58.6 Å². The van der Waals surface area contributed by atoms with Crippen LogP contribution in [0.2, 0.25) is 0 Å². The Morgan fingerprint density at radius 3 is 2.38 bits per heavy atom. The van der Waals surface area contributed by atoms with Crippen LogP contribution in [0.15, 0.2) is 41.3 Å². The Bertz CT molecular complexity index is 876. The molecule has 2 aromatic carbocycles. The van der Waals surface area contributed by atoms with Gasteiger partial charge in [-0.3, -0.25) is 0 Å². The number of ether oxygens (including phenoxy) is 1. The van der Waals surface area contributed by atoms with Crippen molar-refractivity contribution in [2.24, 2.45) is 0 Å². The molecule has 0 aromatic heterocycles. The van der Waals surface area contributed by atoms with Gasteiger partial charge in [0.2, 0.25) is 0 Å². The lowest BCUT2D eigenvalue weighted by Gasteiger charge is -2.30. The third-order valence-electron chi connectivity index (χ3n) is 4.60. The van der Waals surface area contributed by atoms with E-state index in [1.165, 1.54) is 19.2 Å². The van der Waals surface area contributed by atoms with Crippen molar-refractivity contribution in [2.45, 2.75) is 11.8 Å². The number of sulfone groups is 1. The quantitative estimate of drug-likeness (QED) is 0.867. The summed E-state index contributed by atoms with van der Waals surface area (Å²) in [6.07, 6.45) is 0. The predicted octanol–water partition coefficient (Wildman–Crippen LogP) is 2.70. The zero-order valence-corrected chi connectivity index (χ0v) is 15.8. The molecule has 0 saturated carbocycles. The maximum absolute atomic E-state index is 13.3. The Hall–Kier alpha value is -2.12. The van der Waals surface area contributed by atoms with Gasteiger partial charge in [-0.1, -0.05) is 19.1 Å².